The van der Waals surface area contributed by atoms with Crippen molar-refractivity contribution in [2.45, 2.75) is 14.7 Å². The van der Waals surface area contributed by atoms with Gasteiger partial charge in [-0.15, -0.1) is 0 Å². The fraction of sp³-hybridized carbons (Fsp3) is 0. The molecule has 0 amide bonds. The summed E-state index contributed by atoms with van der Waals surface area (Å²) >= 11 is 1.10. The highest BCUT2D eigenvalue weighted by Crippen LogP contribution is 2.34. The van der Waals surface area contributed by atoms with Gasteiger partial charge in [-0.1, -0.05) is 30.0 Å². The maximum absolute atomic E-state index is 11.3. The van der Waals surface area contributed by atoms with E-state index < -0.39 is 25.6 Å². The first-order valence-corrected chi connectivity index (χ1v) is 7.62. The molecule has 0 saturated heterocycles. The predicted molar refractivity (Wildman–Crippen MR) is 73.5 cm³/mol. The molecule has 0 aliphatic carbocycles. The van der Waals surface area contributed by atoms with Gasteiger partial charge < -0.3 is 0 Å². The summed E-state index contributed by atoms with van der Waals surface area (Å²) in [5.74, 6) is 0. The van der Waals surface area contributed by atoms with E-state index in [1.807, 2.05) is 6.07 Å². The molecule has 2 rings (SSSR count). The quantitative estimate of drug-likeness (QED) is 0.529. The fourth-order valence-corrected chi connectivity index (χ4v) is 3.39. The van der Waals surface area contributed by atoms with Gasteiger partial charge in [0.1, 0.15) is 4.90 Å². The number of hydrogen-bond donors (Lipinski definition) is 1. The maximum atomic E-state index is 11.3. The number of nitro benzene ring substituents is 1. The second kappa shape index (κ2) is 5.61. The van der Waals surface area contributed by atoms with Crippen molar-refractivity contribution in [1.29, 1.82) is 0 Å². The standard InChI is InChI=1S/C12H9NO5S2/c14-13(15)9-6-7-11(12(8-9)20(16,17)18)19-10-4-2-1-3-5-10/h1-8H,(H,16,17,18). The number of hydrogen-bond acceptors (Lipinski definition) is 5. The molecule has 0 spiro atoms. The summed E-state index contributed by atoms with van der Waals surface area (Å²) in [6, 6.07) is 12.2. The molecule has 0 aromatic heterocycles. The topological polar surface area (TPSA) is 97.5 Å². The molecule has 8 heteroatoms. The van der Waals surface area contributed by atoms with Crippen molar-refractivity contribution in [1.82, 2.24) is 0 Å². The normalized spacial score (nSPS) is 11.2. The lowest BCUT2D eigenvalue weighted by Gasteiger charge is -2.06. The summed E-state index contributed by atoms with van der Waals surface area (Å²) in [6.45, 7) is 0. The molecule has 0 fully saturated rings. The van der Waals surface area contributed by atoms with Gasteiger partial charge in [-0.3, -0.25) is 14.7 Å². The van der Waals surface area contributed by atoms with Crippen LogP contribution in [0.3, 0.4) is 0 Å². The summed E-state index contributed by atoms with van der Waals surface area (Å²) in [6.07, 6.45) is 0. The lowest BCUT2D eigenvalue weighted by molar-refractivity contribution is -0.385. The fourth-order valence-electron chi connectivity index (χ4n) is 1.51. The minimum Gasteiger partial charge on any atom is -0.282 e. The van der Waals surface area contributed by atoms with Crippen LogP contribution < -0.4 is 0 Å². The Bertz CT molecular complexity index is 744. The number of nitrogens with zero attached hydrogens (tertiary/aromatic N) is 1. The molecule has 0 aliphatic rings. The highest BCUT2D eigenvalue weighted by atomic mass is 32.2. The van der Waals surface area contributed by atoms with Crippen molar-refractivity contribution < 1.29 is 17.9 Å². The molecule has 0 bridgehead atoms. The number of rotatable bonds is 4. The third-order valence-electron chi connectivity index (χ3n) is 2.39. The highest BCUT2D eigenvalue weighted by molar-refractivity contribution is 8.00. The van der Waals surface area contributed by atoms with Crippen LogP contribution in [0.25, 0.3) is 0 Å². The van der Waals surface area contributed by atoms with E-state index in [2.05, 4.69) is 0 Å². The molecule has 0 radical (unpaired) electrons. The SMILES string of the molecule is O=[N+]([O-])c1ccc(Sc2ccccc2)c(S(=O)(=O)O)c1. The molecule has 0 unspecified atom stereocenters. The lowest BCUT2D eigenvalue weighted by Crippen LogP contribution is -2.01. The Labute approximate surface area is 119 Å². The average molecular weight is 311 g/mol. The molecule has 0 saturated carbocycles. The third kappa shape index (κ3) is 3.35. The second-order valence-electron chi connectivity index (χ2n) is 3.78. The Morgan fingerprint density at radius 2 is 1.75 bits per heavy atom. The van der Waals surface area contributed by atoms with Gasteiger partial charge in [-0.25, -0.2) is 0 Å². The average Bonchev–Trinajstić information content (AvgIpc) is 2.39. The van der Waals surface area contributed by atoms with Crippen LogP contribution in [0.5, 0.6) is 0 Å². The third-order valence-corrected chi connectivity index (χ3v) is 4.49. The summed E-state index contributed by atoms with van der Waals surface area (Å²) < 4.78 is 31.9. The second-order valence-corrected chi connectivity index (χ2v) is 6.28. The summed E-state index contributed by atoms with van der Waals surface area (Å²) in [4.78, 5) is 10.5. The van der Waals surface area contributed by atoms with E-state index in [1.54, 1.807) is 24.3 Å². The molecule has 2 aromatic carbocycles. The maximum Gasteiger partial charge on any atom is 0.295 e. The largest absolute Gasteiger partial charge is 0.295 e. The van der Waals surface area contributed by atoms with Crippen LogP contribution in [0, 0.1) is 10.1 Å². The Morgan fingerprint density at radius 1 is 1.10 bits per heavy atom. The van der Waals surface area contributed by atoms with Gasteiger partial charge in [-0.2, -0.15) is 8.42 Å². The molecule has 20 heavy (non-hydrogen) atoms. The van der Waals surface area contributed by atoms with Crippen molar-refractivity contribution in [2.75, 3.05) is 0 Å². The zero-order valence-corrected chi connectivity index (χ0v) is 11.6. The monoisotopic (exact) mass is 311 g/mol. The van der Waals surface area contributed by atoms with Gasteiger partial charge in [0, 0.05) is 21.9 Å². The van der Waals surface area contributed by atoms with E-state index in [9.17, 15) is 23.1 Å². The number of non-ortho nitro benzene ring substituents is 1. The Morgan fingerprint density at radius 3 is 2.30 bits per heavy atom. The van der Waals surface area contributed by atoms with Gasteiger partial charge in [0.05, 0.1) is 4.92 Å². The molecule has 0 aliphatic heterocycles. The molecular formula is C12H9NO5S2. The van der Waals surface area contributed by atoms with Crippen LogP contribution in [-0.2, 0) is 10.1 Å². The van der Waals surface area contributed by atoms with Gasteiger partial charge in [0.15, 0.2) is 0 Å². The first-order valence-electron chi connectivity index (χ1n) is 5.37. The van der Waals surface area contributed by atoms with Gasteiger partial charge in [-0.05, 0) is 18.2 Å². The van der Waals surface area contributed by atoms with Crippen LogP contribution in [0.1, 0.15) is 0 Å². The van der Waals surface area contributed by atoms with Crippen molar-refractivity contribution >= 4 is 27.6 Å². The van der Waals surface area contributed by atoms with Gasteiger partial charge in [0.2, 0.25) is 0 Å². The number of benzene rings is 2. The zero-order chi connectivity index (χ0) is 14.8. The minimum absolute atomic E-state index is 0.226. The van der Waals surface area contributed by atoms with Crippen LogP contribution in [0.2, 0.25) is 0 Å². The van der Waals surface area contributed by atoms with Crippen molar-refractivity contribution in [3.05, 3.63) is 58.6 Å². The smallest absolute Gasteiger partial charge is 0.282 e. The van der Waals surface area contributed by atoms with E-state index in [4.69, 9.17) is 0 Å². The zero-order valence-electron chi connectivity index (χ0n) is 9.96. The molecule has 104 valence electrons. The molecular weight excluding hydrogens is 302 g/mol. The summed E-state index contributed by atoms with van der Waals surface area (Å²) in [5, 5.41) is 10.7. The Balaban J connectivity index is 2.50. The molecule has 2 aromatic rings. The van der Waals surface area contributed by atoms with E-state index >= 15 is 0 Å². The molecule has 1 N–H and O–H groups in total. The first-order chi connectivity index (χ1) is 9.38. The van der Waals surface area contributed by atoms with Crippen molar-refractivity contribution in [3.63, 3.8) is 0 Å². The first kappa shape index (κ1) is 14.5. The minimum atomic E-state index is -4.53. The Kier molecular flexibility index (Phi) is 4.07. The molecule has 6 nitrogen and oxygen atoms in total. The number of nitro groups is 1. The van der Waals surface area contributed by atoms with E-state index in [0.29, 0.717) is 0 Å². The van der Waals surface area contributed by atoms with Crippen LogP contribution in [0.15, 0.2) is 63.2 Å². The van der Waals surface area contributed by atoms with Crippen LogP contribution in [-0.4, -0.2) is 17.9 Å². The summed E-state index contributed by atoms with van der Waals surface area (Å²) in [7, 11) is -4.53. The van der Waals surface area contributed by atoms with E-state index in [0.717, 1.165) is 22.7 Å². The highest BCUT2D eigenvalue weighted by Gasteiger charge is 2.20. The van der Waals surface area contributed by atoms with Crippen molar-refractivity contribution in [2.24, 2.45) is 0 Å². The van der Waals surface area contributed by atoms with Crippen LogP contribution >= 0.6 is 11.8 Å². The van der Waals surface area contributed by atoms with E-state index in [1.165, 1.54) is 12.1 Å². The van der Waals surface area contributed by atoms with E-state index in [-0.39, 0.29) is 4.90 Å². The van der Waals surface area contributed by atoms with Gasteiger partial charge >= 0.3 is 0 Å². The summed E-state index contributed by atoms with van der Waals surface area (Å²) in [5.41, 5.74) is -0.393. The Hall–Kier alpha value is -1.90. The lowest BCUT2D eigenvalue weighted by atomic mass is 10.3. The van der Waals surface area contributed by atoms with Crippen molar-refractivity contribution in [3.8, 4) is 0 Å². The molecule has 0 atom stereocenters. The molecule has 0 heterocycles. The van der Waals surface area contributed by atoms with Crippen LogP contribution in [0.4, 0.5) is 5.69 Å². The predicted octanol–water partition coefficient (Wildman–Crippen LogP) is 2.99. The van der Waals surface area contributed by atoms with Gasteiger partial charge in [0.25, 0.3) is 15.8 Å².